The number of carbonyl (C=O) groups excluding carboxylic acids is 2. The van der Waals surface area contributed by atoms with Crippen molar-refractivity contribution in [2.75, 3.05) is 32.3 Å². The number of benzene rings is 1. The number of anilines is 1. The van der Waals surface area contributed by atoms with Gasteiger partial charge in [0.1, 0.15) is 5.75 Å². The highest BCUT2D eigenvalue weighted by Crippen LogP contribution is 2.40. The Balaban J connectivity index is 1.58. The number of hydrogen-bond donors (Lipinski definition) is 1. The molecule has 2 aliphatic heterocycles. The van der Waals surface area contributed by atoms with E-state index in [2.05, 4.69) is 5.32 Å². The number of rotatable bonds is 4. The van der Waals surface area contributed by atoms with Gasteiger partial charge in [-0.15, -0.1) is 0 Å². The quantitative estimate of drug-likeness (QED) is 0.911. The number of ether oxygens (including phenoxy) is 3. The first-order chi connectivity index (χ1) is 11.6. The molecule has 1 N–H and O–H groups in total. The molecule has 2 heterocycles. The molecule has 0 aromatic heterocycles. The van der Waals surface area contributed by atoms with Crippen LogP contribution < -0.4 is 19.5 Å². The molecule has 0 saturated carbocycles. The predicted molar refractivity (Wildman–Crippen MR) is 87.3 cm³/mol. The Morgan fingerprint density at radius 2 is 1.92 bits per heavy atom. The Hall–Kier alpha value is -2.44. The van der Waals surface area contributed by atoms with Crippen molar-refractivity contribution in [3.05, 3.63) is 12.1 Å². The molecule has 0 bridgehead atoms. The zero-order valence-electron chi connectivity index (χ0n) is 14.0. The second-order valence-electron chi connectivity index (χ2n) is 6.11. The standard InChI is InChI=1S/C17H22N2O5/c1-11(20)19-5-3-12(4-6-19)7-17(21)18-13-8-15-16(24-10-23-15)9-14(13)22-2/h8-9,12H,3-7,10H2,1-2H3,(H,18,21). The molecule has 7 heteroatoms. The summed E-state index contributed by atoms with van der Waals surface area (Å²) in [6.07, 6.45) is 2.14. The summed E-state index contributed by atoms with van der Waals surface area (Å²) in [5.41, 5.74) is 0.577. The van der Waals surface area contributed by atoms with E-state index in [9.17, 15) is 9.59 Å². The van der Waals surface area contributed by atoms with Crippen molar-refractivity contribution in [2.24, 2.45) is 5.92 Å². The molecule has 24 heavy (non-hydrogen) atoms. The van der Waals surface area contributed by atoms with Crippen LogP contribution in [0.3, 0.4) is 0 Å². The summed E-state index contributed by atoms with van der Waals surface area (Å²) in [4.78, 5) is 25.5. The zero-order valence-corrected chi connectivity index (χ0v) is 14.0. The number of amides is 2. The highest BCUT2D eigenvalue weighted by Gasteiger charge is 2.24. The first-order valence-electron chi connectivity index (χ1n) is 8.10. The van der Waals surface area contributed by atoms with Crippen molar-refractivity contribution in [2.45, 2.75) is 26.2 Å². The average molecular weight is 334 g/mol. The summed E-state index contributed by atoms with van der Waals surface area (Å²) >= 11 is 0. The van der Waals surface area contributed by atoms with Gasteiger partial charge in [-0.1, -0.05) is 0 Å². The van der Waals surface area contributed by atoms with Crippen molar-refractivity contribution in [3.8, 4) is 17.2 Å². The molecule has 1 aromatic rings. The summed E-state index contributed by atoms with van der Waals surface area (Å²) in [6.45, 7) is 3.20. The maximum Gasteiger partial charge on any atom is 0.231 e. The minimum absolute atomic E-state index is 0.0616. The van der Waals surface area contributed by atoms with E-state index < -0.39 is 0 Å². The first-order valence-corrected chi connectivity index (χ1v) is 8.10. The third-order valence-corrected chi connectivity index (χ3v) is 4.50. The number of nitrogens with zero attached hydrogens (tertiary/aromatic N) is 1. The fraction of sp³-hybridized carbons (Fsp3) is 0.529. The van der Waals surface area contributed by atoms with E-state index in [1.165, 1.54) is 0 Å². The van der Waals surface area contributed by atoms with Gasteiger partial charge in [0.2, 0.25) is 18.6 Å². The van der Waals surface area contributed by atoms with Crippen molar-refractivity contribution in [1.82, 2.24) is 4.90 Å². The molecule has 0 radical (unpaired) electrons. The lowest BCUT2D eigenvalue weighted by molar-refractivity contribution is -0.130. The number of methoxy groups -OCH3 is 1. The number of fused-ring (bicyclic) bond motifs is 1. The molecule has 2 aliphatic rings. The van der Waals surface area contributed by atoms with E-state index in [0.29, 0.717) is 35.3 Å². The molecule has 2 amide bonds. The van der Waals surface area contributed by atoms with Gasteiger partial charge < -0.3 is 24.4 Å². The summed E-state index contributed by atoms with van der Waals surface area (Å²) in [5, 5.41) is 2.89. The number of piperidine rings is 1. The van der Waals surface area contributed by atoms with Gasteiger partial charge in [0.05, 0.1) is 12.8 Å². The Bertz CT molecular complexity index is 638. The molecule has 0 unspecified atom stereocenters. The predicted octanol–water partition coefficient (Wildman–Crippen LogP) is 2.01. The van der Waals surface area contributed by atoms with E-state index in [0.717, 1.165) is 25.9 Å². The molecule has 0 spiro atoms. The Morgan fingerprint density at radius 1 is 1.25 bits per heavy atom. The second-order valence-corrected chi connectivity index (χ2v) is 6.11. The first kappa shape index (κ1) is 16.4. The fourth-order valence-corrected chi connectivity index (χ4v) is 3.11. The smallest absolute Gasteiger partial charge is 0.231 e. The van der Waals surface area contributed by atoms with Gasteiger partial charge in [-0.2, -0.15) is 0 Å². The zero-order chi connectivity index (χ0) is 17.1. The third kappa shape index (κ3) is 3.55. The molecule has 7 nitrogen and oxygen atoms in total. The van der Waals surface area contributed by atoms with E-state index in [1.54, 1.807) is 26.2 Å². The van der Waals surface area contributed by atoms with Crippen LogP contribution in [0.15, 0.2) is 12.1 Å². The minimum Gasteiger partial charge on any atom is -0.494 e. The number of nitrogens with one attached hydrogen (secondary N) is 1. The van der Waals surface area contributed by atoms with Crippen molar-refractivity contribution < 1.29 is 23.8 Å². The lowest BCUT2D eigenvalue weighted by atomic mass is 9.93. The Morgan fingerprint density at radius 3 is 2.54 bits per heavy atom. The normalized spacial score (nSPS) is 16.8. The van der Waals surface area contributed by atoms with E-state index in [4.69, 9.17) is 14.2 Å². The van der Waals surface area contributed by atoms with Crippen molar-refractivity contribution in [3.63, 3.8) is 0 Å². The van der Waals surface area contributed by atoms with Crippen LogP contribution in [0.25, 0.3) is 0 Å². The third-order valence-electron chi connectivity index (χ3n) is 4.50. The summed E-state index contributed by atoms with van der Waals surface area (Å²) in [6, 6.07) is 3.43. The van der Waals surface area contributed by atoms with Crippen LogP contribution in [0, 0.1) is 5.92 Å². The van der Waals surface area contributed by atoms with Crippen molar-refractivity contribution in [1.29, 1.82) is 0 Å². The number of likely N-dealkylation sites (tertiary alicyclic amines) is 1. The molecule has 0 aliphatic carbocycles. The van der Waals surface area contributed by atoms with Crippen molar-refractivity contribution >= 4 is 17.5 Å². The van der Waals surface area contributed by atoms with Gasteiger partial charge in [0.25, 0.3) is 0 Å². The van der Waals surface area contributed by atoms with Gasteiger partial charge in [-0.25, -0.2) is 0 Å². The lowest BCUT2D eigenvalue weighted by Gasteiger charge is -2.31. The Labute approximate surface area is 140 Å². The molecular weight excluding hydrogens is 312 g/mol. The minimum atomic E-state index is -0.0616. The molecule has 1 aromatic carbocycles. The van der Waals surface area contributed by atoms with E-state index in [-0.39, 0.29) is 18.6 Å². The molecular formula is C17H22N2O5. The SMILES string of the molecule is COc1cc2c(cc1NC(=O)CC1CCN(C(C)=O)CC1)OCO2. The van der Waals surface area contributed by atoms with E-state index >= 15 is 0 Å². The maximum atomic E-state index is 12.3. The van der Waals surface area contributed by atoms with E-state index in [1.807, 2.05) is 4.90 Å². The average Bonchev–Trinajstić information content (AvgIpc) is 3.01. The lowest BCUT2D eigenvalue weighted by Crippen LogP contribution is -2.37. The molecule has 3 rings (SSSR count). The van der Waals surface area contributed by atoms with Crippen LogP contribution >= 0.6 is 0 Å². The second kappa shape index (κ2) is 6.98. The van der Waals surface area contributed by atoms with Crippen LogP contribution in [0.1, 0.15) is 26.2 Å². The molecule has 1 fully saturated rings. The van der Waals surface area contributed by atoms with Gasteiger partial charge >= 0.3 is 0 Å². The van der Waals surface area contributed by atoms with Gasteiger partial charge in [-0.05, 0) is 18.8 Å². The van der Waals surface area contributed by atoms with Gasteiger partial charge in [0, 0.05) is 38.6 Å². The summed E-state index contributed by atoms with van der Waals surface area (Å²) in [5.74, 6) is 2.08. The topological polar surface area (TPSA) is 77.1 Å². The number of carbonyl (C=O) groups is 2. The van der Waals surface area contributed by atoms with Crippen LogP contribution in [0.4, 0.5) is 5.69 Å². The molecule has 1 saturated heterocycles. The maximum absolute atomic E-state index is 12.3. The molecule has 130 valence electrons. The highest BCUT2D eigenvalue weighted by atomic mass is 16.7. The largest absolute Gasteiger partial charge is 0.494 e. The summed E-state index contributed by atoms with van der Waals surface area (Å²) in [7, 11) is 1.55. The number of hydrogen-bond acceptors (Lipinski definition) is 5. The highest BCUT2D eigenvalue weighted by molar-refractivity contribution is 5.93. The fourth-order valence-electron chi connectivity index (χ4n) is 3.11. The van der Waals surface area contributed by atoms with Crippen LogP contribution in [-0.2, 0) is 9.59 Å². The summed E-state index contributed by atoms with van der Waals surface area (Å²) < 4.78 is 15.9. The van der Waals surface area contributed by atoms with Gasteiger partial charge in [0.15, 0.2) is 11.5 Å². The van der Waals surface area contributed by atoms with Crippen LogP contribution in [0.5, 0.6) is 17.2 Å². The van der Waals surface area contributed by atoms with Crippen LogP contribution in [-0.4, -0.2) is 43.7 Å². The van der Waals surface area contributed by atoms with Crippen LogP contribution in [0.2, 0.25) is 0 Å². The monoisotopic (exact) mass is 334 g/mol. The Kier molecular flexibility index (Phi) is 4.78. The van der Waals surface area contributed by atoms with Gasteiger partial charge in [-0.3, -0.25) is 9.59 Å². The molecule has 0 atom stereocenters.